The lowest BCUT2D eigenvalue weighted by Gasteiger charge is -2.17. The third-order valence-electron chi connectivity index (χ3n) is 2.62. The second kappa shape index (κ2) is 4.29. The Morgan fingerprint density at radius 1 is 1.40 bits per heavy atom. The standard InChI is InChI=1S/C11H12BF3/c1-7-4-3-5-9(11(13,14)15)6-10(12)8(7)2/h3,5-7H,4H2,1-2H3/b5-3+,9-6?,10-8?. The summed E-state index contributed by atoms with van der Waals surface area (Å²) >= 11 is 0. The van der Waals surface area contributed by atoms with Gasteiger partial charge < -0.3 is 0 Å². The van der Waals surface area contributed by atoms with Crippen molar-refractivity contribution in [2.45, 2.75) is 26.4 Å². The lowest BCUT2D eigenvalue weighted by Crippen LogP contribution is -2.12. The molecule has 0 saturated carbocycles. The molecule has 0 fully saturated rings. The molecule has 0 bridgehead atoms. The fourth-order valence-corrected chi connectivity index (χ4v) is 1.37. The van der Waals surface area contributed by atoms with Gasteiger partial charge >= 0.3 is 6.18 Å². The zero-order valence-electron chi connectivity index (χ0n) is 8.73. The third kappa shape index (κ3) is 3.01. The van der Waals surface area contributed by atoms with E-state index >= 15 is 0 Å². The molecule has 2 radical (unpaired) electrons. The van der Waals surface area contributed by atoms with Crippen LogP contribution in [0, 0.1) is 5.92 Å². The first-order chi connectivity index (χ1) is 6.82. The molecular weight excluding hydrogens is 200 g/mol. The third-order valence-corrected chi connectivity index (χ3v) is 2.62. The van der Waals surface area contributed by atoms with Crippen molar-refractivity contribution in [3.05, 3.63) is 34.8 Å². The molecule has 1 unspecified atom stereocenters. The highest BCUT2D eigenvalue weighted by atomic mass is 19.4. The molecule has 0 aromatic rings. The summed E-state index contributed by atoms with van der Waals surface area (Å²) in [5.74, 6) is 0.187. The lowest BCUT2D eigenvalue weighted by molar-refractivity contribution is -0.0882. The van der Waals surface area contributed by atoms with E-state index in [4.69, 9.17) is 7.85 Å². The van der Waals surface area contributed by atoms with Crippen molar-refractivity contribution in [1.82, 2.24) is 0 Å². The zero-order chi connectivity index (χ0) is 11.6. The maximum absolute atomic E-state index is 12.5. The molecule has 80 valence electrons. The lowest BCUT2D eigenvalue weighted by atomic mass is 9.81. The topological polar surface area (TPSA) is 0 Å². The van der Waals surface area contributed by atoms with Crippen LogP contribution in [-0.2, 0) is 0 Å². The van der Waals surface area contributed by atoms with Crippen LogP contribution in [0.2, 0.25) is 0 Å². The highest BCUT2D eigenvalue weighted by Gasteiger charge is 2.32. The van der Waals surface area contributed by atoms with Crippen molar-refractivity contribution in [3.8, 4) is 0 Å². The molecule has 1 aliphatic rings. The second-order valence-electron chi connectivity index (χ2n) is 3.77. The molecule has 0 amide bonds. The van der Waals surface area contributed by atoms with Crippen molar-refractivity contribution >= 4 is 7.85 Å². The quantitative estimate of drug-likeness (QED) is 0.539. The predicted molar refractivity (Wildman–Crippen MR) is 55.5 cm³/mol. The van der Waals surface area contributed by atoms with Crippen LogP contribution in [-0.4, -0.2) is 14.0 Å². The predicted octanol–water partition coefficient (Wildman–Crippen LogP) is 3.51. The number of halogens is 3. The Balaban J connectivity index is 3.16. The average Bonchev–Trinajstić information content (AvgIpc) is 2.11. The van der Waals surface area contributed by atoms with Gasteiger partial charge in [0.1, 0.15) is 7.85 Å². The van der Waals surface area contributed by atoms with Gasteiger partial charge in [-0.2, -0.15) is 13.2 Å². The largest absolute Gasteiger partial charge is 0.416 e. The Kier molecular flexibility index (Phi) is 3.48. The number of alkyl halides is 3. The van der Waals surface area contributed by atoms with E-state index < -0.39 is 11.7 Å². The van der Waals surface area contributed by atoms with Crippen molar-refractivity contribution in [1.29, 1.82) is 0 Å². The van der Waals surface area contributed by atoms with Crippen LogP contribution in [0.5, 0.6) is 0 Å². The average molecular weight is 212 g/mol. The van der Waals surface area contributed by atoms with E-state index in [1.807, 2.05) is 6.92 Å². The first-order valence-electron chi connectivity index (χ1n) is 4.74. The van der Waals surface area contributed by atoms with Crippen molar-refractivity contribution in [2.24, 2.45) is 5.92 Å². The van der Waals surface area contributed by atoms with Gasteiger partial charge in [-0.1, -0.05) is 36.2 Å². The van der Waals surface area contributed by atoms with Gasteiger partial charge in [0.2, 0.25) is 0 Å². The van der Waals surface area contributed by atoms with Crippen molar-refractivity contribution < 1.29 is 13.2 Å². The van der Waals surface area contributed by atoms with Gasteiger partial charge in [-0.05, 0) is 19.3 Å². The Morgan fingerprint density at radius 2 is 2.00 bits per heavy atom. The maximum atomic E-state index is 12.5. The van der Waals surface area contributed by atoms with E-state index in [2.05, 4.69) is 0 Å². The minimum absolute atomic E-state index is 0.187. The van der Waals surface area contributed by atoms with E-state index in [1.165, 1.54) is 0 Å². The van der Waals surface area contributed by atoms with E-state index in [-0.39, 0.29) is 11.4 Å². The van der Waals surface area contributed by atoms with Gasteiger partial charge in [-0.3, -0.25) is 0 Å². The number of hydrogen-bond donors (Lipinski definition) is 0. The highest BCUT2D eigenvalue weighted by Crippen LogP contribution is 2.30. The first-order valence-corrected chi connectivity index (χ1v) is 4.74. The maximum Gasteiger partial charge on any atom is 0.416 e. The molecular formula is C11H12BF3. The van der Waals surface area contributed by atoms with Crippen LogP contribution in [0.4, 0.5) is 13.2 Å². The summed E-state index contributed by atoms with van der Waals surface area (Å²) in [6.07, 6.45) is -0.112. The van der Waals surface area contributed by atoms with Crippen LogP contribution in [0.25, 0.3) is 0 Å². The summed E-state index contributed by atoms with van der Waals surface area (Å²) in [5.41, 5.74) is 0.339. The monoisotopic (exact) mass is 212 g/mol. The molecule has 15 heavy (non-hydrogen) atoms. The van der Waals surface area contributed by atoms with Crippen LogP contribution in [0.1, 0.15) is 20.3 Å². The van der Waals surface area contributed by atoms with E-state index in [9.17, 15) is 13.2 Å². The van der Waals surface area contributed by atoms with Crippen LogP contribution in [0.15, 0.2) is 34.8 Å². The van der Waals surface area contributed by atoms with Crippen molar-refractivity contribution in [3.63, 3.8) is 0 Å². The normalized spacial score (nSPS) is 25.7. The molecule has 0 saturated heterocycles. The summed E-state index contributed by atoms with van der Waals surface area (Å²) < 4.78 is 37.4. The van der Waals surface area contributed by atoms with Gasteiger partial charge in [0.05, 0.1) is 5.57 Å². The van der Waals surface area contributed by atoms with Gasteiger partial charge in [-0.25, -0.2) is 0 Å². The fraction of sp³-hybridized carbons (Fsp3) is 0.455. The molecule has 4 heteroatoms. The Morgan fingerprint density at radius 3 is 2.53 bits per heavy atom. The molecule has 1 aliphatic carbocycles. The number of rotatable bonds is 0. The summed E-state index contributed by atoms with van der Waals surface area (Å²) in [5, 5.41) is 0. The molecule has 0 aliphatic heterocycles. The molecule has 0 heterocycles. The van der Waals surface area contributed by atoms with E-state index in [1.54, 1.807) is 13.0 Å². The van der Waals surface area contributed by atoms with Gasteiger partial charge in [0.25, 0.3) is 0 Å². The number of hydrogen-bond acceptors (Lipinski definition) is 0. The molecule has 1 rings (SSSR count). The van der Waals surface area contributed by atoms with Crippen LogP contribution in [0.3, 0.4) is 0 Å². The Hall–Kier alpha value is -0.925. The SMILES string of the molecule is [B]C1=C(C)C(C)C/C=C/C(C(F)(F)F)=C1. The molecule has 0 nitrogen and oxygen atoms in total. The van der Waals surface area contributed by atoms with Crippen molar-refractivity contribution in [2.75, 3.05) is 0 Å². The van der Waals surface area contributed by atoms with Gasteiger partial charge in [0.15, 0.2) is 0 Å². The molecule has 1 atom stereocenters. The molecule has 0 N–H and O–H groups in total. The summed E-state index contributed by atoms with van der Waals surface area (Å²) in [6.45, 7) is 3.71. The second-order valence-corrected chi connectivity index (χ2v) is 3.77. The van der Waals surface area contributed by atoms with Gasteiger partial charge in [0, 0.05) is 0 Å². The first kappa shape index (κ1) is 12.1. The fourth-order valence-electron chi connectivity index (χ4n) is 1.37. The zero-order valence-corrected chi connectivity index (χ0v) is 8.73. The smallest absolute Gasteiger partial charge is 0.166 e. The summed E-state index contributed by atoms with van der Waals surface area (Å²) in [6, 6.07) is 0. The van der Waals surface area contributed by atoms with Crippen LogP contribution < -0.4 is 0 Å². The van der Waals surface area contributed by atoms with E-state index in [0.29, 0.717) is 6.42 Å². The van der Waals surface area contributed by atoms with Crippen LogP contribution >= 0.6 is 0 Å². The minimum Gasteiger partial charge on any atom is -0.166 e. The Labute approximate surface area is 89.0 Å². The molecule has 0 spiro atoms. The summed E-state index contributed by atoms with van der Waals surface area (Å²) in [7, 11) is 5.59. The molecule has 0 aromatic heterocycles. The van der Waals surface area contributed by atoms with E-state index in [0.717, 1.165) is 17.7 Å². The summed E-state index contributed by atoms with van der Waals surface area (Å²) in [4.78, 5) is 0. The highest BCUT2D eigenvalue weighted by molar-refractivity contribution is 6.24. The Bertz CT molecular complexity index is 334. The number of allylic oxidation sites excluding steroid dienone is 6. The molecule has 0 aromatic carbocycles. The van der Waals surface area contributed by atoms with Gasteiger partial charge in [-0.15, -0.1) is 0 Å². The minimum atomic E-state index is -4.33.